The maximum absolute atomic E-state index is 10.5. The molecule has 0 radical (unpaired) electrons. The van der Waals surface area contributed by atoms with E-state index in [1.54, 1.807) is 0 Å². The van der Waals surface area contributed by atoms with Gasteiger partial charge in [0, 0.05) is 19.6 Å². The number of carbonyl (C=O) groups is 1. The minimum Gasteiger partial charge on any atom is -0.479 e. The minimum absolute atomic E-state index is 0.0693. The predicted molar refractivity (Wildman–Crippen MR) is 54.3 cm³/mol. The van der Waals surface area contributed by atoms with Crippen molar-refractivity contribution in [3.05, 3.63) is 0 Å². The van der Waals surface area contributed by atoms with Gasteiger partial charge in [-0.15, -0.1) is 0 Å². The van der Waals surface area contributed by atoms with Gasteiger partial charge in [0.05, 0.1) is 0 Å². The van der Waals surface area contributed by atoms with Gasteiger partial charge in [0.1, 0.15) is 0 Å². The van der Waals surface area contributed by atoms with Crippen LogP contribution in [0.5, 0.6) is 0 Å². The van der Waals surface area contributed by atoms with Gasteiger partial charge in [-0.2, -0.15) is 0 Å². The van der Waals surface area contributed by atoms with E-state index in [2.05, 4.69) is 10.2 Å². The molecule has 14 heavy (non-hydrogen) atoms. The molecule has 84 valence electrons. The highest BCUT2D eigenvalue weighted by molar-refractivity contribution is 5.76. The summed E-state index contributed by atoms with van der Waals surface area (Å²) in [5, 5.41) is 20.8. The second kappa shape index (κ2) is 5.95. The van der Waals surface area contributed by atoms with Crippen LogP contribution in [-0.2, 0) is 4.79 Å². The van der Waals surface area contributed by atoms with Crippen molar-refractivity contribution in [2.45, 2.75) is 19.4 Å². The summed E-state index contributed by atoms with van der Waals surface area (Å²) in [6.07, 6.45) is 0. The fourth-order valence-corrected chi connectivity index (χ4v) is 0.835. The minimum atomic E-state index is -1.68. The Morgan fingerprint density at radius 1 is 1.57 bits per heavy atom. The summed E-state index contributed by atoms with van der Waals surface area (Å²) in [5.74, 6) is -1.20. The molecule has 0 spiro atoms. The van der Waals surface area contributed by atoms with E-state index >= 15 is 0 Å². The highest BCUT2D eigenvalue weighted by Crippen LogP contribution is 2.00. The van der Waals surface area contributed by atoms with E-state index in [0.29, 0.717) is 6.54 Å². The van der Waals surface area contributed by atoms with E-state index in [0.717, 1.165) is 13.1 Å². The van der Waals surface area contributed by atoms with E-state index in [9.17, 15) is 9.90 Å². The molecule has 0 rings (SSSR count). The lowest BCUT2D eigenvalue weighted by molar-refractivity contribution is -0.156. The molecule has 1 atom stereocenters. The first-order valence-electron chi connectivity index (χ1n) is 4.75. The molecule has 0 heterocycles. The Balaban J connectivity index is 3.59. The van der Waals surface area contributed by atoms with Crippen molar-refractivity contribution in [1.82, 2.24) is 10.2 Å². The van der Waals surface area contributed by atoms with Gasteiger partial charge in [0.2, 0.25) is 0 Å². The van der Waals surface area contributed by atoms with E-state index in [1.165, 1.54) is 6.92 Å². The summed E-state index contributed by atoms with van der Waals surface area (Å²) in [6, 6.07) is 0. The molecule has 1 unspecified atom stereocenters. The summed E-state index contributed by atoms with van der Waals surface area (Å²) in [7, 11) is 1.98. The van der Waals surface area contributed by atoms with E-state index in [4.69, 9.17) is 5.11 Å². The molecule has 5 heteroatoms. The number of hydrogen-bond acceptors (Lipinski definition) is 4. The quantitative estimate of drug-likeness (QED) is 0.481. The Morgan fingerprint density at radius 2 is 2.14 bits per heavy atom. The third-order valence-corrected chi connectivity index (χ3v) is 2.14. The predicted octanol–water partition coefficient (Wildman–Crippen LogP) is -0.637. The molecule has 0 aliphatic heterocycles. The summed E-state index contributed by atoms with van der Waals surface area (Å²) in [5.41, 5.74) is -1.68. The molecule has 0 bridgehead atoms. The number of carboxylic acids is 1. The van der Waals surface area contributed by atoms with Crippen molar-refractivity contribution < 1.29 is 15.0 Å². The van der Waals surface area contributed by atoms with Crippen LogP contribution in [-0.4, -0.2) is 59.9 Å². The summed E-state index contributed by atoms with van der Waals surface area (Å²) in [6.45, 7) is 5.87. The molecule has 0 fully saturated rings. The summed E-state index contributed by atoms with van der Waals surface area (Å²) >= 11 is 0. The van der Waals surface area contributed by atoms with Crippen LogP contribution in [0.4, 0.5) is 0 Å². The Labute approximate surface area is 84.7 Å². The van der Waals surface area contributed by atoms with Crippen molar-refractivity contribution >= 4 is 5.97 Å². The molecule has 0 aromatic carbocycles. The van der Waals surface area contributed by atoms with Crippen molar-refractivity contribution in [2.75, 3.05) is 33.2 Å². The van der Waals surface area contributed by atoms with Gasteiger partial charge in [-0.05, 0) is 20.5 Å². The van der Waals surface area contributed by atoms with Crippen LogP contribution in [0.2, 0.25) is 0 Å². The average Bonchev–Trinajstić information content (AvgIpc) is 2.11. The van der Waals surface area contributed by atoms with Crippen molar-refractivity contribution in [3.63, 3.8) is 0 Å². The van der Waals surface area contributed by atoms with E-state index < -0.39 is 11.6 Å². The van der Waals surface area contributed by atoms with E-state index in [1.807, 2.05) is 14.0 Å². The molecule has 0 saturated carbocycles. The Kier molecular flexibility index (Phi) is 5.68. The Bertz CT molecular complexity index is 183. The number of aliphatic hydroxyl groups is 1. The maximum atomic E-state index is 10.5. The van der Waals surface area contributed by atoms with Gasteiger partial charge < -0.3 is 20.4 Å². The first-order valence-corrected chi connectivity index (χ1v) is 4.75. The molecule has 0 amide bonds. The van der Waals surface area contributed by atoms with Crippen molar-refractivity contribution in [3.8, 4) is 0 Å². The fraction of sp³-hybridized carbons (Fsp3) is 0.889. The molecule has 0 aromatic heterocycles. The zero-order valence-electron chi connectivity index (χ0n) is 9.08. The molecule has 0 aliphatic rings. The first-order chi connectivity index (χ1) is 6.40. The van der Waals surface area contributed by atoms with Crippen LogP contribution in [0.3, 0.4) is 0 Å². The highest BCUT2D eigenvalue weighted by Gasteiger charge is 2.28. The molecule has 0 aromatic rings. The van der Waals surface area contributed by atoms with Crippen LogP contribution in [0.15, 0.2) is 0 Å². The van der Waals surface area contributed by atoms with Gasteiger partial charge in [0.25, 0.3) is 0 Å². The molecular formula is C9H20N2O3. The average molecular weight is 204 g/mol. The number of rotatable bonds is 7. The SMILES string of the molecule is CCN(C)CCNCC(C)(O)C(=O)O. The van der Waals surface area contributed by atoms with Crippen LogP contribution < -0.4 is 5.32 Å². The molecule has 3 N–H and O–H groups in total. The Hall–Kier alpha value is -0.650. The Morgan fingerprint density at radius 3 is 2.57 bits per heavy atom. The zero-order valence-corrected chi connectivity index (χ0v) is 9.08. The number of likely N-dealkylation sites (N-methyl/N-ethyl adjacent to an activating group) is 1. The largest absolute Gasteiger partial charge is 0.479 e. The third-order valence-electron chi connectivity index (χ3n) is 2.14. The first kappa shape index (κ1) is 13.4. The zero-order chi connectivity index (χ0) is 11.2. The van der Waals surface area contributed by atoms with Gasteiger partial charge in [-0.25, -0.2) is 4.79 Å². The molecule has 0 aliphatic carbocycles. The number of hydrogen-bond donors (Lipinski definition) is 3. The van der Waals surface area contributed by atoms with E-state index in [-0.39, 0.29) is 6.54 Å². The number of nitrogens with zero attached hydrogens (tertiary/aromatic N) is 1. The second-order valence-electron chi connectivity index (χ2n) is 3.65. The van der Waals surface area contributed by atoms with Crippen LogP contribution in [0, 0.1) is 0 Å². The standard InChI is InChI=1S/C9H20N2O3/c1-4-11(3)6-5-10-7-9(2,14)8(12)13/h10,14H,4-7H2,1-3H3,(H,12,13). The van der Waals surface area contributed by atoms with Gasteiger partial charge in [-0.1, -0.05) is 6.92 Å². The van der Waals surface area contributed by atoms with Crippen molar-refractivity contribution in [1.29, 1.82) is 0 Å². The number of carboxylic acid groups (broad SMARTS) is 1. The normalized spacial score (nSPS) is 15.5. The lowest BCUT2D eigenvalue weighted by Crippen LogP contribution is -2.46. The monoisotopic (exact) mass is 204 g/mol. The lowest BCUT2D eigenvalue weighted by atomic mass is 10.1. The number of nitrogens with one attached hydrogen (secondary N) is 1. The summed E-state index contributed by atoms with van der Waals surface area (Å²) < 4.78 is 0. The molecular weight excluding hydrogens is 184 g/mol. The lowest BCUT2D eigenvalue weighted by Gasteiger charge is -2.20. The van der Waals surface area contributed by atoms with Gasteiger partial charge in [0.15, 0.2) is 5.60 Å². The maximum Gasteiger partial charge on any atom is 0.336 e. The second-order valence-corrected chi connectivity index (χ2v) is 3.65. The highest BCUT2D eigenvalue weighted by atomic mass is 16.4. The fourth-order valence-electron chi connectivity index (χ4n) is 0.835. The smallest absolute Gasteiger partial charge is 0.336 e. The van der Waals surface area contributed by atoms with Crippen LogP contribution >= 0.6 is 0 Å². The van der Waals surface area contributed by atoms with Gasteiger partial charge >= 0.3 is 5.97 Å². The van der Waals surface area contributed by atoms with Crippen LogP contribution in [0.25, 0.3) is 0 Å². The topological polar surface area (TPSA) is 72.8 Å². The van der Waals surface area contributed by atoms with Gasteiger partial charge in [-0.3, -0.25) is 0 Å². The van der Waals surface area contributed by atoms with Crippen molar-refractivity contribution in [2.24, 2.45) is 0 Å². The molecule has 5 nitrogen and oxygen atoms in total. The summed E-state index contributed by atoms with van der Waals surface area (Å²) in [4.78, 5) is 12.6. The molecule has 0 saturated heterocycles. The third kappa shape index (κ3) is 5.16. The van der Waals surface area contributed by atoms with Crippen LogP contribution in [0.1, 0.15) is 13.8 Å². The number of aliphatic carboxylic acids is 1.